The second-order valence-electron chi connectivity index (χ2n) is 4.00. The van der Waals surface area contributed by atoms with Gasteiger partial charge in [-0.25, -0.2) is 9.18 Å². The number of carbonyl (C=O) groups is 2. The fourth-order valence-electron chi connectivity index (χ4n) is 1.54. The quantitative estimate of drug-likeness (QED) is 0.885. The number of nitrogens with one attached hydrogen (secondary N) is 1. The lowest BCUT2D eigenvalue weighted by Crippen LogP contribution is -2.15. The maximum absolute atomic E-state index is 13.6. The SMILES string of the molecule is COC(=O)c1ccc(C(=O)Nc2ccc(Cl)cc2F)nc1. The molecule has 21 heavy (non-hydrogen) atoms. The van der Waals surface area contributed by atoms with Crippen molar-refractivity contribution in [1.82, 2.24) is 4.98 Å². The van der Waals surface area contributed by atoms with E-state index in [1.807, 2.05) is 0 Å². The zero-order chi connectivity index (χ0) is 15.4. The van der Waals surface area contributed by atoms with Crippen LogP contribution in [-0.4, -0.2) is 24.0 Å². The van der Waals surface area contributed by atoms with Gasteiger partial charge < -0.3 is 10.1 Å². The minimum absolute atomic E-state index is 0.0109. The standard InChI is InChI=1S/C14H10ClFN2O3/c1-21-14(20)8-2-4-12(17-7-8)13(19)18-11-5-3-9(15)6-10(11)16/h2-7H,1H3,(H,18,19). The van der Waals surface area contributed by atoms with Gasteiger partial charge in [0.15, 0.2) is 0 Å². The van der Waals surface area contributed by atoms with Crippen LogP contribution in [0.25, 0.3) is 0 Å². The van der Waals surface area contributed by atoms with E-state index < -0.39 is 17.7 Å². The number of methoxy groups -OCH3 is 1. The number of ether oxygens (including phenoxy) is 1. The molecular weight excluding hydrogens is 299 g/mol. The van der Waals surface area contributed by atoms with Gasteiger partial charge in [0.1, 0.15) is 11.5 Å². The third kappa shape index (κ3) is 3.55. The first-order chi connectivity index (χ1) is 10.0. The summed E-state index contributed by atoms with van der Waals surface area (Å²) < 4.78 is 18.1. The summed E-state index contributed by atoms with van der Waals surface area (Å²) in [6.45, 7) is 0. The maximum Gasteiger partial charge on any atom is 0.339 e. The Hall–Kier alpha value is -2.47. The number of rotatable bonds is 3. The molecule has 108 valence electrons. The molecule has 2 aromatic rings. The maximum atomic E-state index is 13.6. The first-order valence-corrected chi connectivity index (χ1v) is 6.20. The molecule has 1 amide bonds. The Morgan fingerprint density at radius 3 is 2.62 bits per heavy atom. The summed E-state index contributed by atoms with van der Waals surface area (Å²) in [7, 11) is 1.24. The third-order valence-corrected chi connectivity index (χ3v) is 2.83. The highest BCUT2D eigenvalue weighted by atomic mass is 35.5. The molecule has 7 heteroatoms. The van der Waals surface area contributed by atoms with Crippen molar-refractivity contribution in [3.63, 3.8) is 0 Å². The molecule has 0 aliphatic carbocycles. The molecule has 0 radical (unpaired) electrons. The first kappa shape index (κ1) is 14.9. The van der Waals surface area contributed by atoms with Crippen molar-refractivity contribution in [2.45, 2.75) is 0 Å². The van der Waals surface area contributed by atoms with Crippen LogP contribution in [0.3, 0.4) is 0 Å². The van der Waals surface area contributed by atoms with Gasteiger partial charge in [0, 0.05) is 11.2 Å². The molecule has 0 unspecified atom stereocenters. The van der Waals surface area contributed by atoms with Crippen LogP contribution in [0.5, 0.6) is 0 Å². The number of amides is 1. The second-order valence-corrected chi connectivity index (χ2v) is 4.44. The molecule has 0 spiro atoms. The van der Waals surface area contributed by atoms with Crippen molar-refractivity contribution < 1.29 is 18.7 Å². The second kappa shape index (κ2) is 6.32. The fourth-order valence-corrected chi connectivity index (χ4v) is 1.70. The normalized spacial score (nSPS) is 10.0. The van der Waals surface area contributed by atoms with Crippen molar-refractivity contribution in [1.29, 1.82) is 0 Å². The van der Waals surface area contributed by atoms with E-state index >= 15 is 0 Å². The Morgan fingerprint density at radius 1 is 1.29 bits per heavy atom. The van der Waals surface area contributed by atoms with E-state index in [0.29, 0.717) is 0 Å². The molecule has 0 saturated carbocycles. The lowest BCUT2D eigenvalue weighted by Gasteiger charge is -2.06. The van der Waals surface area contributed by atoms with E-state index in [1.54, 1.807) is 0 Å². The smallest absolute Gasteiger partial charge is 0.339 e. The van der Waals surface area contributed by atoms with Gasteiger partial charge in [-0.15, -0.1) is 0 Å². The van der Waals surface area contributed by atoms with Gasteiger partial charge in [0.2, 0.25) is 0 Å². The summed E-state index contributed by atoms with van der Waals surface area (Å²) in [5, 5.41) is 2.59. The molecule has 0 bridgehead atoms. The van der Waals surface area contributed by atoms with Crippen LogP contribution in [0, 0.1) is 5.82 Å². The fraction of sp³-hybridized carbons (Fsp3) is 0.0714. The Balaban J connectivity index is 2.15. The monoisotopic (exact) mass is 308 g/mol. The Bertz CT molecular complexity index is 689. The molecule has 0 atom stereocenters. The van der Waals surface area contributed by atoms with Gasteiger partial charge in [-0.3, -0.25) is 9.78 Å². The number of halogens is 2. The van der Waals surface area contributed by atoms with Crippen LogP contribution >= 0.6 is 11.6 Å². The molecular formula is C14H10ClFN2O3. The van der Waals surface area contributed by atoms with E-state index in [1.165, 1.54) is 37.6 Å². The van der Waals surface area contributed by atoms with Crippen molar-refractivity contribution in [2.24, 2.45) is 0 Å². The summed E-state index contributed by atoms with van der Waals surface area (Å²) in [6, 6.07) is 6.62. The number of carbonyl (C=O) groups excluding carboxylic acids is 2. The highest BCUT2D eigenvalue weighted by molar-refractivity contribution is 6.30. The Morgan fingerprint density at radius 2 is 2.05 bits per heavy atom. The number of pyridine rings is 1. The average molecular weight is 309 g/mol. The molecule has 0 saturated heterocycles. The summed E-state index contributed by atoms with van der Waals surface area (Å²) >= 11 is 5.62. The zero-order valence-corrected chi connectivity index (χ0v) is 11.6. The number of nitrogens with zero attached hydrogens (tertiary/aromatic N) is 1. The molecule has 1 aromatic heterocycles. The number of benzene rings is 1. The highest BCUT2D eigenvalue weighted by Gasteiger charge is 2.12. The largest absolute Gasteiger partial charge is 0.465 e. The van der Waals surface area contributed by atoms with Crippen LogP contribution in [-0.2, 0) is 4.74 Å². The summed E-state index contributed by atoms with van der Waals surface area (Å²) in [4.78, 5) is 27.0. The van der Waals surface area contributed by atoms with Gasteiger partial charge in [0.05, 0.1) is 18.4 Å². The summed E-state index contributed by atoms with van der Waals surface area (Å²) in [6.07, 6.45) is 1.21. The Labute approximate surface area is 124 Å². The molecule has 1 aromatic carbocycles. The lowest BCUT2D eigenvalue weighted by atomic mass is 10.2. The van der Waals surface area contributed by atoms with Gasteiger partial charge in [0.25, 0.3) is 5.91 Å². The van der Waals surface area contributed by atoms with Gasteiger partial charge in [-0.05, 0) is 30.3 Å². The number of hydrogen-bond donors (Lipinski definition) is 1. The number of hydrogen-bond acceptors (Lipinski definition) is 4. The summed E-state index contributed by atoms with van der Waals surface area (Å²) in [5.41, 5.74) is 0.243. The molecule has 5 nitrogen and oxygen atoms in total. The van der Waals surface area contributed by atoms with Gasteiger partial charge >= 0.3 is 5.97 Å². The minimum Gasteiger partial charge on any atom is -0.465 e. The van der Waals surface area contributed by atoms with E-state index in [0.717, 1.165) is 6.07 Å². The molecule has 0 aliphatic heterocycles. The number of esters is 1. The van der Waals surface area contributed by atoms with E-state index in [2.05, 4.69) is 15.0 Å². The van der Waals surface area contributed by atoms with Crippen molar-refractivity contribution in [3.05, 3.63) is 58.6 Å². The van der Waals surface area contributed by atoms with Crippen molar-refractivity contribution in [2.75, 3.05) is 12.4 Å². The predicted octanol–water partition coefficient (Wildman–Crippen LogP) is 2.91. The zero-order valence-electron chi connectivity index (χ0n) is 10.9. The van der Waals surface area contributed by atoms with Crippen LogP contribution < -0.4 is 5.32 Å². The molecule has 0 fully saturated rings. The lowest BCUT2D eigenvalue weighted by molar-refractivity contribution is 0.0600. The topological polar surface area (TPSA) is 68.3 Å². The average Bonchev–Trinajstić information content (AvgIpc) is 2.49. The molecule has 1 heterocycles. The van der Waals surface area contributed by atoms with E-state index in [4.69, 9.17) is 11.6 Å². The third-order valence-electron chi connectivity index (χ3n) is 2.60. The van der Waals surface area contributed by atoms with Crippen LogP contribution in [0.15, 0.2) is 36.5 Å². The predicted molar refractivity (Wildman–Crippen MR) is 74.9 cm³/mol. The Kier molecular flexibility index (Phi) is 4.49. The van der Waals surface area contributed by atoms with Crippen LogP contribution in [0.1, 0.15) is 20.8 Å². The van der Waals surface area contributed by atoms with Crippen LogP contribution in [0.4, 0.5) is 10.1 Å². The van der Waals surface area contributed by atoms with Crippen molar-refractivity contribution >= 4 is 29.2 Å². The van der Waals surface area contributed by atoms with Gasteiger partial charge in [-0.2, -0.15) is 0 Å². The number of aromatic nitrogens is 1. The van der Waals surface area contributed by atoms with E-state index in [9.17, 15) is 14.0 Å². The molecule has 1 N–H and O–H groups in total. The highest BCUT2D eigenvalue weighted by Crippen LogP contribution is 2.19. The van der Waals surface area contributed by atoms with Crippen molar-refractivity contribution in [3.8, 4) is 0 Å². The summed E-state index contributed by atoms with van der Waals surface area (Å²) in [5.74, 6) is -1.81. The van der Waals surface area contributed by atoms with E-state index in [-0.39, 0.29) is 22.0 Å². The minimum atomic E-state index is -0.651. The van der Waals surface area contributed by atoms with Crippen LogP contribution in [0.2, 0.25) is 5.02 Å². The first-order valence-electron chi connectivity index (χ1n) is 5.82. The number of anilines is 1. The van der Waals surface area contributed by atoms with Gasteiger partial charge in [-0.1, -0.05) is 11.6 Å². The molecule has 2 rings (SSSR count). The molecule has 0 aliphatic rings.